The van der Waals surface area contributed by atoms with Crippen LogP contribution in [0.3, 0.4) is 0 Å². The van der Waals surface area contributed by atoms with Crippen molar-refractivity contribution in [2.75, 3.05) is 6.54 Å². The van der Waals surface area contributed by atoms with Crippen molar-refractivity contribution >= 4 is 17.9 Å². The topological polar surface area (TPSA) is 86.7 Å². The Morgan fingerprint density at radius 1 is 1.36 bits per heavy atom. The van der Waals surface area contributed by atoms with Gasteiger partial charge in [-0.3, -0.25) is 14.5 Å². The smallest absolute Gasteiger partial charge is 0.324 e. The molecule has 0 heterocycles. The molecule has 0 fully saturated rings. The van der Waals surface area contributed by atoms with E-state index in [1.807, 2.05) is 0 Å². The van der Waals surface area contributed by atoms with Crippen molar-refractivity contribution in [2.24, 2.45) is 0 Å². The highest BCUT2D eigenvalue weighted by molar-refractivity contribution is 5.96. The number of hydrogen-bond donors (Lipinski definition) is 2. The van der Waals surface area contributed by atoms with E-state index >= 15 is 0 Å². The van der Waals surface area contributed by atoms with Crippen LogP contribution in [0.2, 0.25) is 0 Å². The van der Waals surface area contributed by atoms with Crippen LogP contribution in [0.1, 0.15) is 20.8 Å². The number of nitrogens with one attached hydrogen (secondary N) is 1. The average Bonchev–Trinajstić information content (AvgIpc) is 1.97. The molecule has 6 nitrogen and oxygen atoms in total. The predicted molar refractivity (Wildman–Crippen MR) is 48.7 cm³/mol. The molecule has 0 aliphatic rings. The summed E-state index contributed by atoms with van der Waals surface area (Å²) in [5, 5.41) is 10.9. The second-order valence-electron chi connectivity index (χ2n) is 3.10. The summed E-state index contributed by atoms with van der Waals surface area (Å²) >= 11 is 0. The van der Waals surface area contributed by atoms with Crippen molar-refractivity contribution < 1.29 is 19.5 Å². The maximum Gasteiger partial charge on any atom is 0.324 e. The average molecular weight is 202 g/mol. The lowest BCUT2D eigenvalue weighted by Gasteiger charge is -2.18. The Balaban J connectivity index is 4.41. The molecule has 14 heavy (non-hydrogen) atoms. The van der Waals surface area contributed by atoms with Gasteiger partial charge in [0, 0.05) is 13.0 Å². The number of carbonyl (C=O) groups is 3. The lowest BCUT2D eigenvalue weighted by Crippen LogP contribution is -2.47. The third kappa shape index (κ3) is 4.44. The van der Waals surface area contributed by atoms with Gasteiger partial charge < -0.3 is 10.4 Å². The van der Waals surface area contributed by atoms with E-state index in [1.54, 1.807) is 13.8 Å². The van der Waals surface area contributed by atoms with Crippen LogP contribution in [0.25, 0.3) is 0 Å². The number of carboxylic acids is 1. The number of carboxylic acid groups (broad SMARTS) is 1. The summed E-state index contributed by atoms with van der Waals surface area (Å²) in [5.41, 5.74) is 0. The predicted octanol–water partition coefficient (Wildman–Crippen LogP) is 0.0375. The van der Waals surface area contributed by atoms with Crippen LogP contribution in [-0.4, -0.2) is 40.5 Å². The Morgan fingerprint density at radius 3 is 2.14 bits per heavy atom. The first-order chi connectivity index (χ1) is 6.34. The Kier molecular flexibility index (Phi) is 4.62. The minimum absolute atomic E-state index is 0.141. The van der Waals surface area contributed by atoms with E-state index in [0.29, 0.717) is 4.90 Å². The number of carbonyl (C=O) groups excluding carboxylic acids is 2. The molecule has 0 aliphatic carbocycles. The summed E-state index contributed by atoms with van der Waals surface area (Å²) in [6.45, 7) is 3.96. The first-order valence-corrected chi connectivity index (χ1v) is 4.15. The molecule has 0 saturated carbocycles. The van der Waals surface area contributed by atoms with E-state index < -0.39 is 24.5 Å². The zero-order valence-electron chi connectivity index (χ0n) is 8.40. The van der Waals surface area contributed by atoms with Crippen LogP contribution in [0.4, 0.5) is 4.79 Å². The molecule has 6 heteroatoms. The van der Waals surface area contributed by atoms with E-state index in [1.165, 1.54) is 0 Å². The maximum absolute atomic E-state index is 11.3. The second kappa shape index (κ2) is 5.21. The fourth-order valence-electron chi connectivity index (χ4n) is 0.786. The Bertz CT molecular complexity index is 250. The van der Waals surface area contributed by atoms with Crippen LogP contribution in [0.15, 0.2) is 0 Å². The van der Waals surface area contributed by atoms with E-state index in [4.69, 9.17) is 5.11 Å². The third-order valence-corrected chi connectivity index (χ3v) is 1.33. The number of imide groups is 1. The number of rotatable bonds is 3. The lowest BCUT2D eigenvalue weighted by atomic mass is 10.4. The number of aliphatic carboxylic acids is 1. The molecule has 80 valence electrons. The summed E-state index contributed by atoms with van der Waals surface area (Å²) in [6, 6.07) is -0.826. The van der Waals surface area contributed by atoms with Crippen LogP contribution in [0, 0.1) is 0 Å². The molecule has 0 aromatic rings. The molecule has 0 aromatic carbocycles. The van der Waals surface area contributed by atoms with E-state index in [2.05, 4.69) is 5.32 Å². The quantitative estimate of drug-likeness (QED) is 0.676. The molecule has 0 aromatic heterocycles. The number of hydrogen-bond acceptors (Lipinski definition) is 3. The highest BCUT2D eigenvalue weighted by Crippen LogP contribution is 1.92. The molecule has 0 unspecified atom stereocenters. The summed E-state index contributed by atoms with van der Waals surface area (Å²) in [7, 11) is 0. The molecule has 0 atom stereocenters. The Hall–Kier alpha value is -1.59. The number of urea groups is 1. The molecular formula is C8H14N2O4. The van der Waals surface area contributed by atoms with Crippen LogP contribution >= 0.6 is 0 Å². The van der Waals surface area contributed by atoms with Gasteiger partial charge >= 0.3 is 12.0 Å². The van der Waals surface area contributed by atoms with Gasteiger partial charge in [-0.1, -0.05) is 0 Å². The van der Waals surface area contributed by atoms with Gasteiger partial charge in [0.25, 0.3) is 0 Å². The van der Waals surface area contributed by atoms with Gasteiger partial charge in [0.1, 0.15) is 6.54 Å². The van der Waals surface area contributed by atoms with E-state index in [9.17, 15) is 14.4 Å². The van der Waals surface area contributed by atoms with Crippen molar-refractivity contribution in [2.45, 2.75) is 26.8 Å². The monoisotopic (exact) mass is 202 g/mol. The highest BCUT2D eigenvalue weighted by atomic mass is 16.4. The fourth-order valence-corrected chi connectivity index (χ4v) is 0.786. The lowest BCUT2D eigenvalue weighted by molar-refractivity contribution is -0.141. The second-order valence-corrected chi connectivity index (χ2v) is 3.10. The molecular weight excluding hydrogens is 188 g/mol. The van der Waals surface area contributed by atoms with E-state index in [0.717, 1.165) is 6.92 Å². The molecule has 0 saturated heterocycles. The number of amides is 3. The van der Waals surface area contributed by atoms with Gasteiger partial charge in [-0.25, -0.2) is 4.79 Å². The molecule has 0 rings (SSSR count). The maximum atomic E-state index is 11.3. The van der Waals surface area contributed by atoms with Gasteiger partial charge in [-0.15, -0.1) is 0 Å². The highest BCUT2D eigenvalue weighted by Gasteiger charge is 2.20. The summed E-state index contributed by atoms with van der Waals surface area (Å²) < 4.78 is 0. The van der Waals surface area contributed by atoms with Crippen LogP contribution in [-0.2, 0) is 9.59 Å². The van der Waals surface area contributed by atoms with Crippen molar-refractivity contribution in [1.82, 2.24) is 10.2 Å². The summed E-state index contributed by atoms with van der Waals surface area (Å²) in [4.78, 5) is 33.1. The van der Waals surface area contributed by atoms with Crippen molar-refractivity contribution in [3.8, 4) is 0 Å². The van der Waals surface area contributed by atoms with Gasteiger partial charge in [-0.2, -0.15) is 0 Å². The van der Waals surface area contributed by atoms with Gasteiger partial charge in [-0.05, 0) is 13.8 Å². The normalized spacial score (nSPS) is 9.71. The number of nitrogens with zero attached hydrogens (tertiary/aromatic N) is 1. The molecule has 3 amide bonds. The minimum atomic E-state index is -1.22. The summed E-state index contributed by atoms with van der Waals surface area (Å²) in [6.07, 6.45) is 0. The molecule has 0 spiro atoms. The van der Waals surface area contributed by atoms with Crippen LogP contribution in [0.5, 0.6) is 0 Å². The van der Waals surface area contributed by atoms with Crippen molar-refractivity contribution in [1.29, 1.82) is 0 Å². The SMILES string of the molecule is CC(=O)N(CC(=O)O)C(=O)NC(C)C. The van der Waals surface area contributed by atoms with Crippen molar-refractivity contribution in [3.63, 3.8) is 0 Å². The molecule has 0 aliphatic heterocycles. The largest absolute Gasteiger partial charge is 0.480 e. The first kappa shape index (κ1) is 12.4. The van der Waals surface area contributed by atoms with Gasteiger partial charge in [0.2, 0.25) is 5.91 Å². The minimum Gasteiger partial charge on any atom is -0.480 e. The molecule has 0 radical (unpaired) electrons. The zero-order valence-corrected chi connectivity index (χ0v) is 8.40. The molecule has 2 N–H and O–H groups in total. The third-order valence-electron chi connectivity index (χ3n) is 1.33. The van der Waals surface area contributed by atoms with Gasteiger partial charge in [0.05, 0.1) is 0 Å². The Morgan fingerprint density at radius 2 is 1.86 bits per heavy atom. The van der Waals surface area contributed by atoms with E-state index in [-0.39, 0.29) is 6.04 Å². The first-order valence-electron chi connectivity index (χ1n) is 4.15. The van der Waals surface area contributed by atoms with Crippen molar-refractivity contribution in [3.05, 3.63) is 0 Å². The van der Waals surface area contributed by atoms with Gasteiger partial charge in [0.15, 0.2) is 0 Å². The Labute approximate surface area is 81.9 Å². The standard InChI is InChI=1S/C8H14N2O4/c1-5(2)9-8(14)10(6(3)11)4-7(12)13/h5H,4H2,1-3H3,(H,9,14)(H,12,13). The molecule has 0 bridgehead atoms. The summed E-state index contributed by atoms with van der Waals surface area (Å²) in [5.74, 6) is -1.82. The zero-order chi connectivity index (χ0) is 11.3. The fraction of sp³-hybridized carbons (Fsp3) is 0.625. The van der Waals surface area contributed by atoms with Crippen LogP contribution < -0.4 is 5.32 Å².